The molecule has 0 fully saturated rings. The molecule has 0 aliphatic rings. The van der Waals surface area contributed by atoms with E-state index in [0.717, 1.165) is 17.7 Å². The first-order chi connectivity index (χ1) is 10.9. The number of hydrogen-bond donors (Lipinski definition) is 1. The molecule has 0 aliphatic carbocycles. The summed E-state index contributed by atoms with van der Waals surface area (Å²) in [5, 5.41) is 3.09. The minimum absolute atomic E-state index is 0.0440. The van der Waals surface area contributed by atoms with Crippen molar-refractivity contribution in [1.82, 2.24) is 0 Å². The molecule has 23 heavy (non-hydrogen) atoms. The molecule has 2 aromatic rings. The van der Waals surface area contributed by atoms with Gasteiger partial charge in [-0.1, -0.05) is 29.3 Å². The van der Waals surface area contributed by atoms with Crippen LogP contribution in [0.3, 0.4) is 0 Å². The summed E-state index contributed by atoms with van der Waals surface area (Å²) in [6.07, 6.45) is 0. The average Bonchev–Trinajstić information content (AvgIpc) is 2.51. The normalized spacial score (nSPS) is 10.3. The lowest BCUT2D eigenvalue weighted by Crippen LogP contribution is -2.21. The second-order valence-corrected chi connectivity index (χ2v) is 5.55. The van der Waals surface area contributed by atoms with Crippen molar-refractivity contribution < 1.29 is 18.7 Å². The van der Waals surface area contributed by atoms with E-state index in [0.29, 0.717) is 10.7 Å². The summed E-state index contributed by atoms with van der Waals surface area (Å²) < 4.78 is 18.0. The molecule has 0 unspecified atom stereocenters. The Morgan fingerprint density at radius 2 is 1.91 bits per heavy atom. The molecule has 0 aromatic heterocycles. The molecule has 7 heteroatoms. The predicted molar refractivity (Wildman–Crippen MR) is 86.5 cm³/mol. The number of aryl methyl sites for hydroxylation is 1. The van der Waals surface area contributed by atoms with Crippen LogP contribution in [0.1, 0.15) is 15.9 Å². The van der Waals surface area contributed by atoms with Crippen molar-refractivity contribution in [2.24, 2.45) is 0 Å². The summed E-state index contributed by atoms with van der Waals surface area (Å²) >= 11 is 11.6. The van der Waals surface area contributed by atoms with E-state index in [9.17, 15) is 14.0 Å². The van der Waals surface area contributed by atoms with E-state index in [1.807, 2.05) is 0 Å². The largest absolute Gasteiger partial charge is 0.452 e. The maximum atomic E-state index is 13.1. The highest BCUT2D eigenvalue weighted by Gasteiger charge is 2.15. The third-order valence-electron chi connectivity index (χ3n) is 2.96. The fraction of sp³-hybridized carbons (Fsp3) is 0.125. The first-order valence-electron chi connectivity index (χ1n) is 6.55. The Balaban J connectivity index is 1.97. The molecule has 0 atom stereocenters. The highest BCUT2D eigenvalue weighted by molar-refractivity contribution is 6.33. The zero-order valence-electron chi connectivity index (χ0n) is 12.0. The SMILES string of the molecule is Cc1ccc(Cl)cc1NC(=O)COC(=O)c1cc(F)ccc1Cl. The average molecular weight is 356 g/mol. The number of carbonyl (C=O) groups excluding carboxylic acids is 2. The predicted octanol–water partition coefficient (Wildman–Crippen LogP) is 4.24. The Kier molecular flexibility index (Phi) is 5.58. The van der Waals surface area contributed by atoms with Crippen molar-refractivity contribution in [3.63, 3.8) is 0 Å². The summed E-state index contributed by atoms with van der Waals surface area (Å²) in [5.41, 5.74) is 1.18. The first-order valence-corrected chi connectivity index (χ1v) is 7.30. The van der Waals surface area contributed by atoms with Crippen LogP contribution < -0.4 is 5.32 Å². The van der Waals surface area contributed by atoms with Gasteiger partial charge in [0, 0.05) is 10.7 Å². The number of esters is 1. The quantitative estimate of drug-likeness (QED) is 0.834. The molecule has 0 radical (unpaired) electrons. The highest BCUT2D eigenvalue weighted by Crippen LogP contribution is 2.20. The van der Waals surface area contributed by atoms with Gasteiger partial charge in [-0.2, -0.15) is 0 Å². The van der Waals surface area contributed by atoms with Crippen LogP contribution in [-0.4, -0.2) is 18.5 Å². The lowest BCUT2D eigenvalue weighted by atomic mass is 10.2. The smallest absolute Gasteiger partial charge is 0.340 e. The van der Waals surface area contributed by atoms with Crippen LogP contribution in [-0.2, 0) is 9.53 Å². The Labute approximate surface area is 142 Å². The molecular weight excluding hydrogens is 344 g/mol. The van der Waals surface area contributed by atoms with Crippen LogP contribution in [0.15, 0.2) is 36.4 Å². The van der Waals surface area contributed by atoms with E-state index in [1.165, 1.54) is 6.07 Å². The topological polar surface area (TPSA) is 55.4 Å². The molecule has 0 saturated carbocycles. The minimum atomic E-state index is -0.882. The van der Waals surface area contributed by atoms with E-state index in [2.05, 4.69) is 5.32 Å². The number of rotatable bonds is 4. The van der Waals surface area contributed by atoms with Gasteiger partial charge in [0.05, 0.1) is 10.6 Å². The van der Waals surface area contributed by atoms with Crippen LogP contribution in [0.25, 0.3) is 0 Å². The molecule has 0 bridgehead atoms. The molecule has 0 aliphatic heterocycles. The van der Waals surface area contributed by atoms with Gasteiger partial charge in [0.2, 0.25) is 0 Å². The Hall–Kier alpha value is -2.11. The van der Waals surface area contributed by atoms with Gasteiger partial charge in [-0.25, -0.2) is 9.18 Å². The first kappa shape index (κ1) is 17.2. The number of halogens is 3. The second-order valence-electron chi connectivity index (χ2n) is 4.71. The van der Waals surface area contributed by atoms with Crippen molar-refractivity contribution in [3.8, 4) is 0 Å². The van der Waals surface area contributed by atoms with Gasteiger partial charge in [-0.05, 0) is 42.8 Å². The molecule has 1 N–H and O–H groups in total. The van der Waals surface area contributed by atoms with Crippen LogP contribution in [0, 0.1) is 12.7 Å². The van der Waals surface area contributed by atoms with E-state index in [-0.39, 0.29) is 10.6 Å². The van der Waals surface area contributed by atoms with E-state index < -0.39 is 24.3 Å². The number of carbonyl (C=O) groups is 2. The highest BCUT2D eigenvalue weighted by atomic mass is 35.5. The van der Waals surface area contributed by atoms with Crippen molar-refractivity contribution in [3.05, 3.63) is 63.4 Å². The maximum Gasteiger partial charge on any atom is 0.340 e. The van der Waals surface area contributed by atoms with Crippen LogP contribution in [0.4, 0.5) is 10.1 Å². The van der Waals surface area contributed by atoms with E-state index in [1.54, 1.807) is 25.1 Å². The number of anilines is 1. The zero-order valence-corrected chi connectivity index (χ0v) is 13.5. The molecule has 0 spiro atoms. The van der Waals surface area contributed by atoms with Crippen LogP contribution in [0.5, 0.6) is 0 Å². The number of benzene rings is 2. The van der Waals surface area contributed by atoms with Crippen molar-refractivity contribution in [2.75, 3.05) is 11.9 Å². The van der Waals surface area contributed by atoms with Gasteiger partial charge < -0.3 is 10.1 Å². The number of ether oxygens (including phenoxy) is 1. The van der Waals surface area contributed by atoms with Gasteiger partial charge >= 0.3 is 5.97 Å². The monoisotopic (exact) mass is 355 g/mol. The number of nitrogens with one attached hydrogen (secondary N) is 1. The fourth-order valence-electron chi connectivity index (χ4n) is 1.78. The summed E-state index contributed by atoms with van der Waals surface area (Å²) in [7, 11) is 0. The second kappa shape index (κ2) is 7.44. The van der Waals surface area contributed by atoms with E-state index >= 15 is 0 Å². The molecule has 1 amide bonds. The standard InChI is InChI=1S/C16H12Cl2FNO3/c1-9-2-3-10(17)6-14(9)20-15(21)8-23-16(22)12-7-11(19)4-5-13(12)18/h2-7H,8H2,1H3,(H,20,21). The summed E-state index contributed by atoms with van der Waals surface area (Å²) in [4.78, 5) is 23.6. The third-order valence-corrected chi connectivity index (χ3v) is 3.52. The summed E-state index contributed by atoms with van der Waals surface area (Å²) in [6, 6.07) is 8.33. The molecular formula is C16H12Cl2FNO3. The van der Waals surface area contributed by atoms with E-state index in [4.69, 9.17) is 27.9 Å². The Morgan fingerprint density at radius 3 is 2.65 bits per heavy atom. The third kappa shape index (κ3) is 4.68. The molecule has 0 heterocycles. The lowest BCUT2D eigenvalue weighted by molar-refractivity contribution is -0.119. The van der Waals surface area contributed by atoms with Crippen LogP contribution in [0.2, 0.25) is 10.0 Å². The number of amides is 1. The maximum absolute atomic E-state index is 13.1. The Morgan fingerprint density at radius 1 is 1.17 bits per heavy atom. The van der Waals surface area contributed by atoms with Gasteiger partial charge in [0.1, 0.15) is 5.82 Å². The van der Waals surface area contributed by atoms with Crippen LogP contribution >= 0.6 is 23.2 Å². The zero-order chi connectivity index (χ0) is 17.0. The minimum Gasteiger partial charge on any atom is -0.452 e. The van der Waals surface area contributed by atoms with Gasteiger partial charge in [0.25, 0.3) is 5.91 Å². The lowest BCUT2D eigenvalue weighted by Gasteiger charge is -2.10. The molecule has 120 valence electrons. The fourth-order valence-corrected chi connectivity index (χ4v) is 2.14. The summed E-state index contributed by atoms with van der Waals surface area (Å²) in [6.45, 7) is 1.27. The molecule has 4 nitrogen and oxygen atoms in total. The van der Waals surface area contributed by atoms with Crippen molar-refractivity contribution in [1.29, 1.82) is 0 Å². The van der Waals surface area contributed by atoms with Crippen molar-refractivity contribution in [2.45, 2.75) is 6.92 Å². The molecule has 2 aromatic carbocycles. The Bertz CT molecular complexity index is 765. The molecule has 2 rings (SSSR count). The van der Waals surface area contributed by atoms with Gasteiger partial charge in [0.15, 0.2) is 6.61 Å². The van der Waals surface area contributed by atoms with Gasteiger partial charge in [-0.3, -0.25) is 4.79 Å². The van der Waals surface area contributed by atoms with Gasteiger partial charge in [-0.15, -0.1) is 0 Å². The summed E-state index contributed by atoms with van der Waals surface area (Å²) in [5.74, 6) is -2.05. The number of hydrogen-bond acceptors (Lipinski definition) is 3. The van der Waals surface area contributed by atoms with Crippen molar-refractivity contribution >= 4 is 40.8 Å². The molecule has 0 saturated heterocycles.